The first-order chi connectivity index (χ1) is 12.4. The summed E-state index contributed by atoms with van der Waals surface area (Å²) in [6.45, 7) is 6.41. The minimum absolute atomic E-state index is 0.0156. The van der Waals surface area contributed by atoms with E-state index in [1.807, 2.05) is 13.0 Å². The van der Waals surface area contributed by atoms with Gasteiger partial charge in [0.1, 0.15) is 18.1 Å². The number of phenolic OH excluding ortho intramolecular Hbond substituents is 1. The van der Waals surface area contributed by atoms with Crippen LogP contribution in [0.25, 0.3) is 12.2 Å². The van der Waals surface area contributed by atoms with Crippen LogP contribution in [0, 0.1) is 5.92 Å². The number of Topliss-reactive ketones (excluding diaryl/α,β-unsaturated/α-hetero) is 2. The lowest BCUT2D eigenvalue weighted by molar-refractivity contribution is -0.114. The molecule has 1 aromatic carbocycles. The van der Waals surface area contributed by atoms with Gasteiger partial charge in [-0.3, -0.25) is 9.59 Å². The fraction of sp³-hybridized carbons (Fsp3) is 0.333. The molecular formula is C21H22O5. The number of ether oxygens (including phenoxy) is 2. The molecule has 1 heterocycles. The molecule has 0 fully saturated rings. The minimum Gasteiger partial charge on any atom is -0.507 e. The van der Waals surface area contributed by atoms with Gasteiger partial charge in [-0.15, -0.1) is 0 Å². The van der Waals surface area contributed by atoms with E-state index in [1.54, 1.807) is 6.07 Å². The highest BCUT2D eigenvalue weighted by atomic mass is 16.5. The van der Waals surface area contributed by atoms with Gasteiger partial charge in [-0.05, 0) is 47.8 Å². The number of hydrogen-bond donors (Lipinski definition) is 1. The zero-order valence-electron chi connectivity index (χ0n) is 15.4. The molecule has 26 heavy (non-hydrogen) atoms. The molecule has 0 radical (unpaired) electrons. The number of ketones is 2. The van der Waals surface area contributed by atoms with E-state index in [9.17, 15) is 14.7 Å². The Morgan fingerprint density at radius 2 is 2.04 bits per heavy atom. The topological polar surface area (TPSA) is 72.8 Å². The standard InChI is InChI=1S/C21H22O5/c1-5-11(2)6-12(3)16-8-13-7-14-9-17(25-4)20(23)21(24)18(14)19(22)15(13)10-26-16/h6-9,11,22H,5,10H2,1-4H3/t11-/m1/s1. The number of allylic oxidation sites excluding steroid dienone is 3. The predicted octanol–water partition coefficient (Wildman–Crippen LogP) is 4.01. The van der Waals surface area contributed by atoms with Crippen molar-refractivity contribution in [3.05, 3.63) is 51.5 Å². The van der Waals surface area contributed by atoms with Gasteiger partial charge >= 0.3 is 0 Å². The number of rotatable bonds is 4. The van der Waals surface area contributed by atoms with Gasteiger partial charge in [0, 0.05) is 5.56 Å². The molecule has 0 bridgehead atoms. The molecule has 0 unspecified atom stereocenters. The number of aromatic hydroxyl groups is 1. The van der Waals surface area contributed by atoms with Crippen LogP contribution in [-0.4, -0.2) is 23.8 Å². The molecule has 136 valence electrons. The van der Waals surface area contributed by atoms with E-state index in [4.69, 9.17) is 9.47 Å². The average Bonchev–Trinajstić information content (AvgIpc) is 2.63. The van der Waals surface area contributed by atoms with E-state index in [0.29, 0.717) is 17.0 Å². The van der Waals surface area contributed by atoms with Crippen LogP contribution in [0.4, 0.5) is 0 Å². The van der Waals surface area contributed by atoms with Gasteiger partial charge in [-0.1, -0.05) is 26.3 Å². The molecule has 1 N–H and O–H groups in total. The molecule has 3 rings (SSSR count). The Kier molecular flexibility index (Phi) is 4.72. The van der Waals surface area contributed by atoms with Crippen LogP contribution >= 0.6 is 0 Å². The van der Waals surface area contributed by atoms with Crippen molar-refractivity contribution in [3.63, 3.8) is 0 Å². The summed E-state index contributed by atoms with van der Waals surface area (Å²) >= 11 is 0. The molecule has 1 atom stereocenters. The maximum absolute atomic E-state index is 12.3. The largest absolute Gasteiger partial charge is 0.507 e. The molecule has 1 aromatic rings. The summed E-state index contributed by atoms with van der Waals surface area (Å²) in [6, 6.07) is 1.78. The van der Waals surface area contributed by atoms with Gasteiger partial charge in [-0.25, -0.2) is 0 Å². The number of phenols is 1. The highest BCUT2D eigenvalue weighted by Gasteiger charge is 2.33. The zero-order valence-corrected chi connectivity index (χ0v) is 15.4. The molecule has 2 aliphatic rings. The Morgan fingerprint density at radius 3 is 2.69 bits per heavy atom. The number of benzene rings is 1. The SMILES string of the molecule is CC[C@@H](C)C=C(C)C1=Cc2cc3c(c(O)c2CO1)C(=O)C(=O)C(OC)=C3. The molecule has 0 aromatic heterocycles. The Hall–Kier alpha value is -2.82. The zero-order chi connectivity index (χ0) is 19.0. The summed E-state index contributed by atoms with van der Waals surface area (Å²) in [5.74, 6) is -0.551. The monoisotopic (exact) mass is 354 g/mol. The lowest BCUT2D eigenvalue weighted by atomic mass is 9.87. The molecule has 5 nitrogen and oxygen atoms in total. The van der Waals surface area contributed by atoms with Crippen LogP contribution < -0.4 is 0 Å². The van der Waals surface area contributed by atoms with Crippen molar-refractivity contribution in [2.45, 2.75) is 33.8 Å². The first-order valence-electron chi connectivity index (χ1n) is 8.64. The first kappa shape index (κ1) is 18.0. The van der Waals surface area contributed by atoms with Gasteiger partial charge in [-0.2, -0.15) is 0 Å². The Balaban J connectivity index is 2.11. The molecule has 1 aliphatic carbocycles. The summed E-state index contributed by atoms with van der Waals surface area (Å²) in [5, 5.41) is 10.6. The predicted molar refractivity (Wildman–Crippen MR) is 98.4 cm³/mol. The second-order valence-corrected chi connectivity index (χ2v) is 6.66. The summed E-state index contributed by atoms with van der Waals surface area (Å²) in [7, 11) is 1.34. The van der Waals surface area contributed by atoms with Gasteiger partial charge in [0.25, 0.3) is 5.78 Å². The third-order valence-corrected chi connectivity index (χ3v) is 4.86. The molecule has 0 spiro atoms. The smallest absolute Gasteiger partial charge is 0.268 e. The van der Waals surface area contributed by atoms with E-state index in [-0.39, 0.29) is 23.7 Å². The minimum atomic E-state index is -0.762. The number of fused-ring (bicyclic) bond motifs is 2. The Labute approximate surface area is 152 Å². The van der Waals surface area contributed by atoms with Crippen molar-refractivity contribution in [1.82, 2.24) is 0 Å². The summed E-state index contributed by atoms with van der Waals surface area (Å²) in [4.78, 5) is 24.3. The number of carbonyl (C=O) groups is 2. The fourth-order valence-electron chi connectivity index (χ4n) is 3.16. The Morgan fingerprint density at radius 1 is 1.31 bits per heavy atom. The lowest BCUT2D eigenvalue weighted by Crippen LogP contribution is -2.23. The fourth-order valence-corrected chi connectivity index (χ4v) is 3.16. The lowest BCUT2D eigenvalue weighted by Gasteiger charge is -2.23. The van der Waals surface area contributed by atoms with Crippen LogP contribution in [0.5, 0.6) is 5.75 Å². The molecule has 0 amide bonds. The van der Waals surface area contributed by atoms with E-state index in [2.05, 4.69) is 19.9 Å². The molecule has 1 aliphatic heterocycles. The van der Waals surface area contributed by atoms with Crippen molar-refractivity contribution < 1.29 is 24.2 Å². The number of hydrogen-bond acceptors (Lipinski definition) is 5. The molecule has 0 saturated carbocycles. The molecule has 0 saturated heterocycles. The quantitative estimate of drug-likeness (QED) is 0.827. The van der Waals surface area contributed by atoms with Crippen molar-refractivity contribution >= 4 is 23.7 Å². The van der Waals surface area contributed by atoms with E-state index >= 15 is 0 Å². The highest BCUT2D eigenvalue weighted by molar-refractivity contribution is 6.51. The van der Waals surface area contributed by atoms with Crippen molar-refractivity contribution in [2.75, 3.05) is 7.11 Å². The molecule has 5 heteroatoms. The van der Waals surface area contributed by atoms with Crippen molar-refractivity contribution in [1.29, 1.82) is 0 Å². The van der Waals surface area contributed by atoms with Crippen LogP contribution in [0.3, 0.4) is 0 Å². The van der Waals surface area contributed by atoms with Crippen LogP contribution in [-0.2, 0) is 20.9 Å². The van der Waals surface area contributed by atoms with Gasteiger partial charge in [0.05, 0.1) is 12.7 Å². The number of methoxy groups -OCH3 is 1. The van der Waals surface area contributed by atoms with Crippen LogP contribution in [0.1, 0.15) is 54.2 Å². The van der Waals surface area contributed by atoms with Crippen molar-refractivity contribution in [2.24, 2.45) is 5.92 Å². The van der Waals surface area contributed by atoms with Crippen LogP contribution in [0.15, 0.2) is 29.2 Å². The summed E-state index contributed by atoms with van der Waals surface area (Å²) < 4.78 is 10.8. The maximum atomic E-state index is 12.3. The van der Waals surface area contributed by atoms with E-state index < -0.39 is 11.6 Å². The van der Waals surface area contributed by atoms with E-state index in [0.717, 1.165) is 23.3 Å². The second-order valence-electron chi connectivity index (χ2n) is 6.66. The van der Waals surface area contributed by atoms with E-state index in [1.165, 1.54) is 13.2 Å². The van der Waals surface area contributed by atoms with Crippen molar-refractivity contribution in [3.8, 4) is 5.75 Å². The maximum Gasteiger partial charge on any atom is 0.268 e. The Bertz CT molecular complexity index is 886. The number of carbonyl (C=O) groups excluding carboxylic acids is 2. The van der Waals surface area contributed by atoms with Gasteiger partial charge < -0.3 is 14.6 Å². The second kappa shape index (κ2) is 6.83. The molecular weight excluding hydrogens is 332 g/mol. The van der Waals surface area contributed by atoms with Crippen LogP contribution in [0.2, 0.25) is 0 Å². The highest BCUT2D eigenvalue weighted by Crippen LogP contribution is 2.39. The third kappa shape index (κ3) is 2.94. The normalized spacial score (nSPS) is 17.6. The first-order valence-corrected chi connectivity index (χ1v) is 8.64. The average molecular weight is 354 g/mol. The van der Waals surface area contributed by atoms with Gasteiger partial charge in [0.2, 0.25) is 5.78 Å². The summed E-state index contributed by atoms with van der Waals surface area (Å²) in [5.41, 5.74) is 2.81. The van der Waals surface area contributed by atoms with Gasteiger partial charge in [0.15, 0.2) is 5.76 Å². The third-order valence-electron chi connectivity index (χ3n) is 4.86. The summed E-state index contributed by atoms with van der Waals surface area (Å²) in [6.07, 6.45) is 6.54.